The van der Waals surface area contributed by atoms with Crippen LogP contribution in [0.15, 0.2) is 146 Å². The van der Waals surface area contributed by atoms with Crippen LogP contribution < -0.4 is 0 Å². The first-order chi connectivity index (χ1) is 21.8. The van der Waals surface area contributed by atoms with E-state index in [0.29, 0.717) is 0 Å². The van der Waals surface area contributed by atoms with Crippen molar-refractivity contribution in [2.24, 2.45) is 0 Å². The third-order valence-corrected chi connectivity index (χ3v) is 10.4. The van der Waals surface area contributed by atoms with Gasteiger partial charge in [0.05, 0.1) is 16.6 Å². The third kappa shape index (κ3) is 3.33. The zero-order valence-electron chi connectivity index (χ0n) is 23.7. The van der Waals surface area contributed by atoms with E-state index in [1.807, 2.05) is 11.3 Å². The number of benzene rings is 7. The molecule has 0 radical (unpaired) electrons. The first-order valence-electron chi connectivity index (χ1n) is 15.0. The highest BCUT2D eigenvalue weighted by atomic mass is 32.1. The number of fused-ring (bicyclic) bond motifs is 13. The zero-order valence-corrected chi connectivity index (χ0v) is 24.5. The van der Waals surface area contributed by atoms with Gasteiger partial charge in [0.2, 0.25) is 0 Å². The number of hydrogen-bond donors (Lipinski definition) is 0. The molecule has 0 saturated carbocycles. The van der Waals surface area contributed by atoms with Gasteiger partial charge in [-0.25, -0.2) is 4.98 Å². The second-order valence-corrected chi connectivity index (χ2v) is 12.6. The summed E-state index contributed by atoms with van der Waals surface area (Å²) in [6, 6.07) is 53.0. The van der Waals surface area contributed by atoms with Gasteiger partial charge in [-0.2, -0.15) is 0 Å². The Labute approximate surface area is 257 Å². The SMILES string of the molecule is c1cc(-c2ccc3c(c2)c2ccc4ccccc4c2c2nc4ccccc4n32)cc(-c2cccc3c2sc2ccccc23)c1. The highest BCUT2D eigenvalue weighted by Crippen LogP contribution is 2.42. The van der Waals surface area contributed by atoms with E-state index in [0.717, 1.165) is 16.7 Å². The molecule has 44 heavy (non-hydrogen) atoms. The second kappa shape index (κ2) is 9.00. The Bertz CT molecular complexity index is 2780. The van der Waals surface area contributed by atoms with Crippen molar-refractivity contribution in [3.05, 3.63) is 146 Å². The number of rotatable bonds is 2. The van der Waals surface area contributed by atoms with E-state index >= 15 is 0 Å². The molecule has 10 rings (SSSR count). The Hall–Kier alpha value is -5.51. The maximum atomic E-state index is 5.17. The van der Waals surface area contributed by atoms with Gasteiger partial charge in [-0.3, -0.25) is 4.40 Å². The first kappa shape index (κ1) is 24.0. The van der Waals surface area contributed by atoms with Crippen molar-refractivity contribution in [2.45, 2.75) is 0 Å². The molecule has 0 amide bonds. The van der Waals surface area contributed by atoms with E-state index in [-0.39, 0.29) is 0 Å². The fraction of sp³-hybridized carbons (Fsp3) is 0. The molecule has 0 aliphatic rings. The van der Waals surface area contributed by atoms with E-state index in [9.17, 15) is 0 Å². The number of pyridine rings is 1. The Morgan fingerprint density at radius 1 is 0.477 bits per heavy atom. The average molecular weight is 577 g/mol. The molecule has 0 unspecified atom stereocenters. The molecule has 0 bridgehead atoms. The topological polar surface area (TPSA) is 17.3 Å². The number of nitrogens with zero attached hydrogens (tertiary/aromatic N) is 2. The minimum Gasteiger partial charge on any atom is -0.292 e. The van der Waals surface area contributed by atoms with Crippen molar-refractivity contribution in [3.8, 4) is 22.3 Å². The van der Waals surface area contributed by atoms with Gasteiger partial charge in [-0.15, -0.1) is 11.3 Å². The predicted molar refractivity (Wildman–Crippen MR) is 189 cm³/mol. The molecule has 0 atom stereocenters. The molecule has 0 aliphatic heterocycles. The van der Waals surface area contributed by atoms with E-state index in [1.165, 1.54) is 74.9 Å². The third-order valence-electron chi connectivity index (χ3n) is 9.15. The fourth-order valence-electron chi connectivity index (χ4n) is 7.14. The predicted octanol–water partition coefficient (Wildman–Crippen LogP) is 11.6. The Morgan fingerprint density at radius 2 is 1.25 bits per heavy atom. The van der Waals surface area contributed by atoms with Crippen molar-refractivity contribution >= 4 is 80.6 Å². The molecule has 0 aliphatic carbocycles. The van der Waals surface area contributed by atoms with Gasteiger partial charge in [-0.1, -0.05) is 109 Å². The summed E-state index contributed by atoms with van der Waals surface area (Å²) in [6.45, 7) is 0. The van der Waals surface area contributed by atoms with Crippen LogP contribution >= 0.6 is 11.3 Å². The van der Waals surface area contributed by atoms with Crippen molar-refractivity contribution < 1.29 is 0 Å². The highest BCUT2D eigenvalue weighted by Gasteiger charge is 2.17. The lowest BCUT2D eigenvalue weighted by atomic mass is 9.95. The lowest BCUT2D eigenvalue weighted by Crippen LogP contribution is -1.93. The maximum Gasteiger partial charge on any atom is 0.147 e. The minimum absolute atomic E-state index is 1.01. The van der Waals surface area contributed by atoms with Crippen LogP contribution in [0.2, 0.25) is 0 Å². The van der Waals surface area contributed by atoms with E-state index < -0.39 is 0 Å². The number of hydrogen-bond acceptors (Lipinski definition) is 2. The normalized spacial score (nSPS) is 12.1. The standard InChI is InChI=1S/C41H24N2S/c1-2-12-29-25(9-1)19-21-32-34-24-27(20-22-36(34)43-37-17-5-4-16-35(37)42-41(43)39(29)32)26-10-7-11-28(23-26)30-14-8-15-33-31-13-3-6-18-38(31)44-40(30)33/h1-24H. The van der Waals surface area contributed by atoms with Crippen LogP contribution in [0.1, 0.15) is 0 Å². The van der Waals surface area contributed by atoms with Crippen molar-refractivity contribution in [2.75, 3.05) is 0 Å². The van der Waals surface area contributed by atoms with E-state index in [2.05, 4.69) is 150 Å². The minimum atomic E-state index is 1.01. The molecule has 3 heteroatoms. The summed E-state index contributed by atoms with van der Waals surface area (Å²) in [4.78, 5) is 5.17. The monoisotopic (exact) mass is 576 g/mol. The van der Waals surface area contributed by atoms with Gasteiger partial charge in [0.1, 0.15) is 5.65 Å². The average Bonchev–Trinajstić information content (AvgIpc) is 3.67. The summed E-state index contributed by atoms with van der Waals surface area (Å²) in [5.41, 5.74) is 9.28. The lowest BCUT2D eigenvalue weighted by Gasteiger charge is -2.13. The molecule has 3 heterocycles. The van der Waals surface area contributed by atoms with E-state index in [4.69, 9.17) is 4.98 Å². The molecule has 0 fully saturated rings. The largest absolute Gasteiger partial charge is 0.292 e. The van der Waals surface area contributed by atoms with E-state index in [1.54, 1.807) is 0 Å². The number of para-hydroxylation sites is 2. The summed E-state index contributed by atoms with van der Waals surface area (Å²) in [7, 11) is 0. The molecule has 2 nitrogen and oxygen atoms in total. The van der Waals surface area contributed by atoms with Crippen LogP contribution in [0, 0.1) is 0 Å². The molecule has 10 aromatic rings. The smallest absolute Gasteiger partial charge is 0.147 e. The van der Waals surface area contributed by atoms with Crippen LogP contribution in [0.3, 0.4) is 0 Å². The Kier molecular flexibility index (Phi) is 4.90. The van der Waals surface area contributed by atoms with Crippen LogP contribution in [0.5, 0.6) is 0 Å². The molecule has 0 N–H and O–H groups in total. The van der Waals surface area contributed by atoms with Crippen molar-refractivity contribution in [1.82, 2.24) is 9.38 Å². The summed E-state index contributed by atoms with van der Waals surface area (Å²) in [6.07, 6.45) is 0. The van der Waals surface area contributed by atoms with Gasteiger partial charge < -0.3 is 0 Å². The number of imidazole rings is 1. The van der Waals surface area contributed by atoms with Gasteiger partial charge >= 0.3 is 0 Å². The van der Waals surface area contributed by atoms with Crippen molar-refractivity contribution in [3.63, 3.8) is 0 Å². The Morgan fingerprint density at radius 3 is 2.23 bits per heavy atom. The molecule has 0 spiro atoms. The van der Waals surface area contributed by atoms with Gasteiger partial charge in [0.15, 0.2) is 0 Å². The Balaban J connectivity index is 1.24. The molecule has 204 valence electrons. The van der Waals surface area contributed by atoms with Crippen LogP contribution in [0.25, 0.3) is 91.6 Å². The fourth-order valence-corrected chi connectivity index (χ4v) is 8.38. The van der Waals surface area contributed by atoms with Crippen LogP contribution in [0.4, 0.5) is 0 Å². The molecular weight excluding hydrogens is 553 g/mol. The quantitative estimate of drug-likeness (QED) is 0.187. The van der Waals surface area contributed by atoms with Gasteiger partial charge in [0.25, 0.3) is 0 Å². The lowest BCUT2D eigenvalue weighted by molar-refractivity contribution is 1.32. The van der Waals surface area contributed by atoms with Gasteiger partial charge in [-0.05, 0) is 74.8 Å². The zero-order chi connectivity index (χ0) is 28.8. The first-order valence-corrected chi connectivity index (χ1v) is 15.8. The second-order valence-electron chi connectivity index (χ2n) is 11.6. The molecule has 3 aromatic heterocycles. The summed E-state index contributed by atoms with van der Waals surface area (Å²) in [5.74, 6) is 0. The molecule has 7 aromatic carbocycles. The van der Waals surface area contributed by atoms with Crippen LogP contribution in [-0.4, -0.2) is 9.38 Å². The number of aromatic nitrogens is 2. The number of thiophene rings is 1. The van der Waals surface area contributed by atoms with Crippen molar-refractivity contribution in [1.29, 1.82) is 0 Å². The highest BCUT2D eigenvalue weighted by molar-refractivity contribution is 7.26. The summed E-state index contributed by atoms with van der Waals surface area (Å²) < 4.78 is 5.02. The van der Waals surface area contributed by atoms with Crippen LogP contribution in [-0.2, 0) is 0 Å². The molecule has 0 saturated heterocycles. The maximum absolute atomic E-state index is 5.17. The summed E-state index contributed by atoms with van der Waals surface area (Å²) in [5, 5.41) is 8.79. The summed E-state index contributed by atoms with van der Waals surface area (Å²) >= 11 is 1.88. The van der Waals surface area contributed by atoms with Gasteiger partial charge in [0, 0.05) is 30.9 Å². The molecular formula is C41H24N2S.